The van der Waals surface area contributed by atoms with Gasteiger partial charge in [0.15, 0.2) is 0 Å². The Kier molecular flexibility index (Phi) is 4.81. The second-order valence-electron chi connectivity index (χ2n) is 7.30. The molecule has 122 valence electrons. The molecule has 0 aromatic heterocycles. The number of rotatable bonds is 3. The molecule has 23 heavy (non-hydrogen) atoms. The Bertz CT molecular complexity index is 650. The lowest BCUT2D eigenvalue weighted by Crippen LogP contribution is -2.42. The van der Waals surface area contributed by atoms with Crippen LogP contribution in [0.3, 0.4) is 0 Å². The number of hydrogen-bond acceptors (Lipinski definition) is 2. The molecule has 0 fully saturated rings. The third-order valence-corrected chi connectivity index (χ3v) is 6.10. The average Bonchev–Trinajstić information content (AvgIpc) is 2.54. The van der Waals surface area contributed by atoms with Crippen molar-refractivity contribution in [2.45, 2.75) is 50.3 Å². The number of benzene rings is 2. The number of nitrogens with one attached hydrogen (secondary N) is 1. The van der Waals surface area contributed by atoms with E-state index in [9.17, 15) is 4.55 Å². The van der Waals surface area contributed by atoms with Crippen molar-refractivity contribution in [3.05, 3.63) is 71.3 Å². The van der Waals surface area contributed by atoms with Crippen LogP contribution in [0.5, 0.6) is 0 Å². The molecule has 1 aliphatic rings. The van der Waals surface area contributed by atoms with E-state index in [0.717, 1.165) is 12.8 Å². The zero-order valence-corrected chi connectivity index (χ0v) is 14.9. The van der Waals surface area contributed by atoms with Crippen LogP contribution in [0.2, 0.25) is 0 Å². The molecule has 0 amide bonds. The maximum absolute atomic E-state index is 12.6. The summed E-state index contributed by atoms with van der Waals surface area (Å²) >= 11 is -1.06. The molecule has 2 nitrogen and oxygen atoms in total. The Labute approximate surface area is 142 Å². The van der Waals surface area contributed by atoms with Gasteiger partial charge in [-0.15, -0.1) is 4.72 Å². The summed E-state index contributed by atoms with van der Waals surface area (Å²) in [5.41, 5.74) is 4.05. The lowest BCUT2D eigenvalue weighted by atomic mass is 9.78. The zero-order chi connectivity index (χ0) is 16.4. The van der Waals surface area contributed by atoms with E-state index < -0.39 is 11.4 Å². The van der Waals surface area contributed by atoms with Gasteiger partial charge in [0.2, 0.25) is 0 Å². The molecule has 3 heteroatoms. The van der Waals surface area contributed by atoms with E-state index in [4.69, 9.17) is 0 Å². The highest BCUT2D eigenvalue weighted by Crippen LogP contribution is 2.39. The van der Waals surface area contributed by atoms with Gasteiger partial charge < -0.3 is 4.55 Å². The Balaban J connectivity index is 1.88. The van der Waals surface area contributed by atoms with E-state index in [1.54, 1.807) is 0 Å². The first-order valence-corrected chi connectivity index (χ1v) is 9.41. The number of hydrogen-bond donors (Lipinski definition) is 1. The van der Waals surface area contributed by atoms with E-state index in [-0.39, 0.29) is 10.8 Å². The Morgan fingerprint density at radius 1 is 1.00 bits per heavy atom. The first-order chi connectivity index (χ1) is 10.9. The van der Waals surface area contributed by atoms with Gasteiger partial charge in [-0.1, -0.05) is 54.6 Å². The second-order valence-corrected chi connectivity index (χ2v) is 9.30. The molecule has 0 heterocycles. The SMILES string of the molecule is CC(C)(C)[S+]([O-])N[C@H]1C[C@H](c2ccccc2)Cc2ccccc21. The molecule has 1 N–H and O–H groups in total. The minimum absolute atomic E-state index is 0.144. The van der Waals surface area contributed by atoms with Crippen molar-refractivity contribution >= 4 is 11.4 Å². The first kappa shape index (κ1) is 16.6. The van der Waals surface area contributed by atoms with Gasteiger partial charge in [-0.25, -0.2) is 0 Å². The summed E-state index contributed by atoms with van der Waals surface area (Å²) in [6.45, 7) is 6.04. The highest BCUT2D eigenvalue weighted by molar-refractivity contribution is 7.90. The molecule has 0 aliphatic heterocycles. The summed E-state index contributed by atoms with van der Waals surface area (Å²) in [5.74, 6) is 0.473. The van der Waals surface area contributed by atoms with Crippen LogP contribution in [0, 0.1) is 0 Å². The molecule has 3 rings (SSSR count). The molecule has 2 aromatic carbocycles. The van der Waals surface area contributed by atoms with Gasteiger partial charge in [0.05, 0.1) is 6.04 Å². The van der Waals surface area contributed by atoms with Gasteiger partial charge >= 0.3 is 0 Å². The second kappa shape index (κ2) is 6.68. The lowest BCUT2D eigenvalue weighted by molar-refractivity contribution is 0.456. The monoisotopic (exact) mass is 327 g/mol. The molecule has 0 spiro atoms. The third kappa shape index (κ3) is 3.79. The van der Waals surface area contributed by atoms with Gasteiger partial charge in [0.25, 0.3) is 0 Å². The predicted octanol–water partition coefficient (Wildman–Crippen LogP) is 4.51. The fraction of sp³-hybridized carbons (Fsp3) is 0.400. The standard InChI is InChI=1S/C20H25NOS/c1-20(2,3)23(22)21-19-14-17(15-9-5-4-6-10-15)13-16-11-7-8-12-18(16)19/h4-12,17,19,21H,13-14H2,1-3H3/t17-,19+,23?/m1/s1. The van der Waals surface area contributed by atoms with Crippen molar-refractivity contribution < 1.29 is 4.55 Å². The summed E-state index contributed by atoms with van der Waals surface area (Å²) in [4.78, 5) is 0. The molecule has 1 aliphatic carbocycles. The Hall–Kier alpha value is -1.29. The molecule has 3 atom stereocenters. The summed E-state index contributed by atoms with van der Waals surface area (Å²) in [5, 5.41) is 0. The normalized spacial score (nSPS) is 22.4. The van der Waals surface area contributed by atoms with Gasteiger partial charge in [0.1, 0.15) is 4.75 Å². The zero-order valence-electron chi connectivity index (χ0n) is 14.1. The van der Waals surface area contributed by atoms with Gasteiger partial charge in [0, 0.05) is 11.4 Å². The van der Waals surface area contributed by atoms with Crippen LogP contribution >= 0.6 is 0 Å². The van der Waals surface area contributed by atoms with Crippen LogP contribution in [-0.4, -0.2) is 9.30 Å². The third-order valence-electron chi connectivity index (χ3n) is 4.49. The Morgan fingerprint density at radius 3 is 2.35 bits per heavy atom. The van der Waals surface area contributed by atoms with Crippen molar-refractivity contribution in [3.63, 3.8) is 0 Å². The van der Waals surface area contributed by atoms with Gasteiger partial charge in [-0.3, -0.25) is 0 Å². The molecular formula is C20H25NOS. The van der Waals surface area contributed by atoms with E-state index in [2.05, 4.69) is 59.3 Å². The minimum atomic E-state index is -1.06. The van der Waals surface area contributed by atoms with E-state index >= 15 is 0 Å². The largest absolute Gasteiger partial charge is 0.598 e. The lowest BCUT2D eigenvalue weighted by Gasteiger charge is -2.34. The fourth-order valence-electron chi connectivity index (χ4n) is 3.22. The van der Waals surface area contributed by atoms with Crippen LogP contribution in [0.1, 0.15) is 55.8 Å². The van der Waals surface area contributed by atoms with Crippen molar-refractivity contribution in [1.82, 2.24) is 4.72 Å². The quantitative estimate of drug-likeness (QED) is 0.842. The molecule has 0 saturated carbocycles. The molecule has 0 bridgehead atoms. The van der Waals surface area contributed by atoms with Crippen LogP contribution in [0.15, 0.2) is 54.6 Å². The highest BCUT2D eigenvalue weighted by atomic mass is 32.2. The molecule has 0 saturated heterocycles. The van der Waals surface area contributed by atoms with Crippen LogP contribution < -0.4 is 4.72 Å². The maximum atomic E-state index is 12.6. The predicted molar refractivity (Wildman–Crippen MR) is 97.7 cm³/mol. The minimum Gasteiger partial charge on any atom is -0.598 e. The van der Waals surface area contributed by atoms with Crippen LogP contribution in [0.4, 0.5) is 0 Å². The van der Waals surface area contributed by atoms with Crippen molar-refractivity contribution in [1.29, 1.82) is 0 Å². The topological polar surface area (TPSA) is 35.1 Å². The van der Waals surface area contributed by atoms with E-state index in [0.29, 0.717) is 5.92 Å². The van der Waals surface area contributed by atoms with Crippen molar-refractivity contribution in [2.24, 2.45) is 0 Å². The maximum Gasteiger partial charge on any atom is 0.136 e. The van der Waals surface area contributed by atoms with Crippen LogP contribution in [-0.2, 0) is 17.8 Å². The van der Waals surface area contributed by atoms with Gasteiger partial charge in [-0.2, -0.15) is 0 Å². The molecule has 1 unspecified atom stereocenters. The fourth-order valence-corrected chi connectivity index (χ4v) is 4.05. The molecular weight excluding hydrogens is 302 g/mol. The van der Waals surface area contributed by atoms with E-state index in [1.807, 2.05) is 20.8 Å². The Morgan fingerprint density at radius 2 is 1.65 bits per heavy atom. The summed E-state index contributed by atoms with van der Waals surface area (Å²) in [6.07, 6.45) is 2.05. The summed E-state index contributed by atoms with van der Waals surface area (Å²) in [7, 11) is 0. The number of fused-ring (bicyclic) bond motifs is 1. The average molecular weight is 327 g/mol. The van der Waals surface area contributed by atoms with E-state index in [1.165, 1.54) is 16.7 Å². The first-order valence-electron chi connectivity index (χ1n) is 8.26. The van der Waals surface area contributed by atoms with Crippen molar-refractivity contribution in [3.8, 4) is 0 Å². The van der Waals surface area contributed by atoms with Crippen LogP contribution in [0.25, 0.3) is 0 Å². The van der Waals surface area contributed by atoms with Crippen molar-refractivity contribution in [2.75, 3.05) is 0 Å². The summed E-state index contributed by atoms with van der Waals surface area (Å²) in [6, 6.07) is 19.4. The molecule has 2 aromatic rings. The highest BCUT2D eigenvalue weighted by Gasteiger charge is 2.34. The molecule has 0 radical (unpaired) electrons. The van der Waals surface area contributed by atoms with Gasteiger partial charge in [-0.05, 0) is 56.2 Å². The summed E-state index contributed by atoms with van der Waals surface area (Å²) < 4.78 is 15.7. The smallest absolute Gasteiger partial charge is 0.136 e.